The van der Waals surface area contributed by atoms with Crippen molar-refractivity contribution in [1.29, 1.82) is 0 Å². The number of carbonyl (C=O) groups is 1. The Hall–Kier alpha value is -1.31. The van der Waals surface area contributed by atoms with Crippen LogP contribution in [0.4, 0.5) is 5.69 Å². The van der Waals surface area contributed by atoms with E-state index in [2.05, 4.69) is 32.9 Å². The first-order valence-corrected chi connectivity index (χ1v) is 5.46. The van der Waals surface area contributed by atoms with Gasteiger partial charge >= 0.3 is 0 Å². The summed E-state index contributed by atoms with van der Waals surface area (Å²) in [5, 5.41) is 0. The highest BCUT2D eigenvalue weighted by Gasteiger charge is 2.29. The van der Waals surface area contributed by atoms with Crippen molar-refractivity contribution in [2.24, 2.45) is 5.92 Å². The van der Waals surface area contributed by atoms with Gasteiger partial charge < -0.3 is 4.90 Å². The molecular weight excluding hydrogens is 186 g/mol. The Morgan fingerprint density at radius 3 is 2.33 bits per heavy atom. The third-order valence-corrected chi connectivity index (χ3v) is 3.03. The third-order valence-electron chi connectivity index (χ3n) is 3.03. The Kier molecular flexibility index (Phi) is 2.51. The van der Waals surface area contributed by atoms with E-state index in [0.717, 1.165) is 12.2 Å². The van der Waals surface area contributed by atoms with Crippen LogP contribution in [-0.4, -0.2) is 12.5 Å². The van der Waals surface area contributed by atoms with Crippen molar-refractivity contribution >= 4 is 11.6 Å². The fourth-order valence-electron chi connectivity index (χ4n) is 2.33. The Balaban J connectivity index is 2.41. The van der Waals surface area contributed by atoms with Crippen LogP contribution >= 0.6 is 0 Å². The SMILES string of the molecule is Cc1cccc(C)c1N1CC(C)CC1=O. The molecule has 1 atom stereocenters. The van der Waals surface area contributed by atoms with Gasteiger partial charge in [-0.1, -0.05) is 25.1 Å². The number of hydrogen-bond acceptors (Lipinski definition) is 1. The second-order valence-electron chi connectivity index (χ2n) is 4.55. The van der Waals surface area contributed by atoms with Gasteiger partial charge in [-0.05, 0) is 30.9 Å². The van der Waals surface area contributed by atoms with Crippen LogP contribution in [0.1, 0.15) is 24.5 Å². The monoisotopic (exact) mass is 203 g/mol. The summed E-state index contributed by atoms with van der Waals surface area (Å²) in [6, 6.07) is 6.18. The van der Waals surface area contributed by atoms with E-state index in [9.17, 15) is 4.79 Å². The quantitative estimate of drug-likeness (QED) is 0.687. The van der Waals surface area contributed by atoms with E-state index in [1.165, 1.54) is 11.1 Å². The third kappa shape index (κ3) is 1.76. The molecule has 1 aromatic rings. The van der Waals surface area contributed by atoms with Crippen LogP contribution in [0.25, 0.3) is 0 Å². The van der Waals surface area contributed by atoms with E-state index in [-0.39, 0.29) is 5.91 Å². The zero-order valence-electron chi connectivity index (χ0n) is 9.58. The summed E-state index contributed by atoms with van der Waals surface area (Å²) in [4.78, 5) is 13.8. The van der Waals surface area contributed by atoms with Crippen molar-refractivity contribution < 1.29 is 4.79 Å². The molecule has 0 bridgehead atoms. The second-order valence-corrected chi connectivity index (χ2v) is 4.55. The Morgan fingerprint density at radius 2 is 1.87 bits per heavy atom. The van der Waals surface area contributed by atoms with Gasteiger partial charge in [0.2, 0.25) is 5.91 Å². The molecule has 0 spiro atoms. The first kappa shape index (κ1) is 10.2. The van der Waals surface area contributed by atoms with E-state index in [4.69, 9.17) is 0 Å². The molecule has 15 heavy (non-hydrogen) atoms. The number of para-hydroxylation sites is 1. The van der Waals surface area contributed by atoms with Gasteiger partial charge in [0.1, 0.15) is 0 Å². The van der Waals surface area contributed by atoms with Gasteiger partial charge in [-0.25, -0.2) is 0 Å². The first-order valence-electron chi connectivity index (χ1n) is 5.46. The fraction of sp³-hybridized carbons (Fsp3) is 0.462. The van der Waals surface area contributed by atoms with E-state index >= 15 is 0 Å². The normalized spacial score (nSPS) is 21.1. The molecule has 1 unspecified atom stereocenters. The Morgan fingerprint density at radius 1 is 1.27 bits per heavy atom. The van der Waals surface area contributed by atoms with Gasteiger partial charge in [-0.2, -0.15) is 0 Å². The van der Waals surface area contributed by atoms with Crippen LogP contribution in [0.2, 0.25) is 0 Å². The van der Waals surface area contributed by atoms with Gasteiger partial charge in [-0.3, -0.25) is 4.79 Å². The lowest BCUT2D eigenvalue weighted by molar-refractivity contribution is -0.117. The van der Waals surface area contributed by atoms with Crippen LogP contribution in [-0.2, 0) is 4.79 Å². The van der Waals surface area contributed by atoms with Crippen molar-refractivity contribution in [3.05, 3.63) is 29.3 Å². The predicted octanol–water partition coefficient (Wildman–Crippen LogP) is 2.68. The minimum absolute atomic E-state index is 0.264. The first-order chi connectivity index (χ1) is 7.09. The number of anilines is 1. The molecule has 1 aliphatic rings. The number of benzene rings is 1. The Bertz CT molecular complexity index is 377. The minimum atomic E-state index is 0.264. The number of carbonyl (C=O) groups excluding carboxylic acids is 1. The molecule has 2 rings (SSSR count). The van der Waals surface area contributed by atoms with E-state index in [0.29, 0.717) is 12.3 Å². The summed E-state index contributed by atoms with van der Waals surface area (Å²) in [5.74, 6) is 0.747. The molecule has 80 valence electrons. The highest BCUT2D eigenvalue weighted by molar-refractivity contribution is 5.97. The van der Waals surface area contributed by atoms with Gasteiger partial charge in [0.05, 0.1) is 0 Å². The van der Waals surface area contributed by atoms with Gasteiger partial charge in [0.15, 0.2) is 0 Å². The van der Waals surface area contributed by atoms with Crippen LogP contribution in [0, 0.1) is 19.8 Å². The molecule has 0 radical (unpaired) electrons. The van der Waals surface area contributed by atoms with Crippen LogP contribution in [0.15, 0.2) is 18.2 Å². The number of aryl methyl sites for hydroxylation is 2. The summed E-state index contributed by atoms with van der Waals surface area (Å²) in [7, 11) is 0. The number of rotatable bonds is 1. The number of nitrogens with zero attached hydrogens (tertiary/aromatic N) is 1. The smallest absolute Gasteiger partial charge is 0.227 e. The average Bonchev–Trinajstić information content (AvgIpc) is 2.45. The average molecular weight is 203 g/mol. The predicted molar refractivity (Wildman–Crippen MR) is 62.1 cm³/mol. The molecule has 1 amide bonds. The molecular formula is C13H17NO. The highest BCUT2D eigenvalue weighted by atomic mass is 16.2. The standard InChI is InChI=1S/C13H17NO/c1-9-7-12(15)14(8-9)13-10(2)5-4-6-11(13)3/h4-6,9H,7-8H2,1-3H3. The molecule has 1 fully saturated rings. The van der Waals surface area contributed by atoms with Crippen molar-refractivity contribution in [2.75, 3.05) is 11.4 Å². The molecule has 0 N–H and O–H groups in total. The molecule has 1 heterocycles. The minimum Gasteiger partial charge on any atom is -0.312 e. The molecule has 0 aromatic heterocycles. The zero-order chi connectivity index (χ0) is 11.0. The summed E-state index contributed by atoms with van der Waals surface area (Å²) in [6.07, 6.45) is 0.688. The highest BCUT2D eigenvalue weighted by Crippen LogP contribution is 2.30. The van der Waals surface area contributed by atoms with Crippen molar-refractivity contribution in [1.82, 2.24) is 0 Å². The maximum absolute atomic E-state index is 11.8. The van der Waals surface area contributed by atoms with Crippen LogP contribution in [0.5, 0.6) is 0 Å². The van der Waals surface area contributed by atoms with E-state index in [1.54, 1.807) is 0 Å². The maximum atomic E-state index is 11.8. The molecule has 1 aromatic carbocycles. The maximum Gasteiger partial charge on any atom is 0.227 e. The molecule has 1 aliphatic heterocycles. The van der Waals surface area contributed by atoms with Crippen LogP contribution in [0.3, 0.4) is 0 Å². The number of amides is 1. The van der Waals surface area contributed by atoms with Crippen molar-refractivity contribution in [2.45, 2.75) is 27.2 Å². The zero-order valence-corrected chi connectivity index (χ0v) is 9.58. The topological polar surface area (TPSA) is 20.3 Å². The van der Waals surface area contributed by atoms with Crippen molar-refractivity contribution in [3.8, 4) is 0 Å². The summed E-state index contributed by atoms with van der Waals surface area (Å²) < 4.78 is 0. The fourth-order valence-corrected chi connectivity index (χ4v) is 2.33. The lowest BCUT2D eigenvalue weighted by Gasteiger charge is -2.21. The molecule has 0 aliphatic carbocycles. The van der Waals surface area contributed by atoms with Crippen molar-refractivity contribution in [3.63, 3.8) is 0 Å². The van der Waals surface area contributed by atoms with Gasteiger partial charge in [0, 0.05) is 18.7 Å². The van der Waals surface area contributed by atoms with E-state index in [1.807, 2.05) is 11.0 Å². The molecule has 0 saturated carbocycles. The Labute approximate surface area is 90.9 Å². The van der Waals surface area contributed by atoms with Gasteiger partial charge in [-0.15, -0.1) is 0 Å². The summed E-state index contributed by atoms with van der Waals surface area (Å²) in [6.45, 7) is 7.13. The van der Waals surface area contributed by atoms with Gasteiger partial charge in [0.25, 0.3) is 0 Å². The largest absolute Gasteiger partial charge is 0.312 e. The van der Waals surface area contributed by atoms with E-state index < -0.39 is 0 Å². The summed E-state index contributed by atoms with van der Waals surface area (Å²) >= 11 is 0. The molecule has 2 nitrogen and oxygen atoms in total. The second kappa shape index (κ2) is 3.69. The molecule has 2 heteroatoms. The number of hydrogen-bond donors (Lipinski definition) is 0. The molecule has 1 saturated heterocycles. The summed E-state index contributed by atoms with van der Waals surface area (Å²) in [5.41, 5.74) is 3.50. The van der Waals surface area contributed by atoms with Crippen LogP contribution < -0.4 is 4.90 Å². The lowest BCUT2D eigenvalue weighted by atomic mass is 10.1. The lowest BCUT2D eigenvalue weighted by Crippen LogP contribution is -2.25.